The van der Waals surface area contributed by atoms with Gasteiger partial charge >= 0.3 is 0 Å². The fraction of sp³-hybridized carbons (Fsp3) is 0.438. The van der Waals surface area contributed by atoms with Crippen molar-refractivity contribution in [2.45, 2.75) is 26.2 Å². The molecule has 0 aliphatic heterocycles. The highest BCUT2D eigenvalue weighted by Crippen LogP contribution is 2.33. The first-order valence-corrected chi connectivity index (χ1v) is 6.98. The zero-order chi connectivity index (χ0) is 14.7. The predicted molar refractivity (Wildman–Crippen MR) is 82.0 cm³/mol. The van der Waals surface area contributed by atoms with Crippen molar-refractivity contribution in [1.82, 2.24) is 9.78 Å². The van der Waals surface area contributed by atoms with Gasteiger partial charge < -0.3 is 10.5 Å². The third kappa shape index (κ3) is 2.85. The van der Waals surface area contributed by atoms with Gasteiger partial charge in [0, 0.05) is 19.0 Å². The highest BCUT2D eigenvalue weighted by molar-refractivity contribution is 5.68. The standard InChI is InChI=1S/C16H23N3O/c1-11(2)12-5-6-14(16(9-12)20-4)15-10-13(7-8-17)18-19(15)3/h5-6,9-11H,7-8,17H2,1-4H3. The topological polar surface area (TPSA) is 53.1 Å². The normalized spacial score (nSPS) is 11.1. The second-order valence-corrected chi connectivity index (χ2v) is 5.30. The molecular formula is C16H23N3O. The van der Waals surface area contributed by atoms with Crippen molar-refractivity contribution >= 4 is 0 Å². The van der Waals surface area contributed by atoms with Crippen LogP contribution in [0.15, 0.2) is 24.3 Å². The molecule has 0 aliphatic carbocycles. The van der Waals surface area contributed by atoms with Crippen LogP contribution in [0.4, 0.5) is 0 Å². The molecule has 108 valence electrons. The summed E-state index contributed by atoms with van der Waals surface area (Å²) >= 11 is 0. The Bertz CT molecular complexity index is 587. The van der Waals surface area contributed by atoms with E-state index < -0.39 is 0 Å². The second-order valence-electron chi connectivity index (χ2n) is 5.30. The molecule has 0 atom stereocenters. The van der Waals surface area contributed by atoms with Crippen LogP contribution in [-0.2, 0) is 13.5 Å². The number of ether oxygens (including phenoxy) is 1. The number of aryl methyl sites for hydroxylation is 1. The summed E-state index contributed by atoms with van der Waals surface area (Å²) in [6.07, 6.45) is 0.792. The maximum Gasteiger partial charge on any atom is 0.128 e. The molecule has 2 rings (SSSR count). The van der Waals surface area contributed by atoms with E-state index in [1.807, 2.05) is 11.7 Å². The van der Waals surface area contributed by atoms with E-state index in [9.17, 15) is 0 Å². The number of hydrogen-bond acceptors (Lipinski definition) is 3. The number of benzene rings is 1. The Morgan fingerprint density at radius 3 is 2.65 bits per heavy atom. The summed E-state index contributed by atoms with van der Waals surface area (Å²) in [5.41, 5.74) is 10.0. The van der Waals surface area contributed by atoms with E-state index >= 15 is 0 Å². The summed E-state index contributed by atoms with van der Waals surface area (Å²) in [6.45, 7) is 4.97. The van der Waals surface area contributed by atoms with Crippen LogP contribution in [0.3, 0.4) is 0 Å². The van der Waals surface area contributed by atoms with Gasteiger partial charge in [0.05, 0.1) is 18.5 Å². The minimum absolute atomic E-state index is 0.484. The van der Waals surface area contributed by atoms with Crippen LogP contribution >= 0.6 is 0 Å². The van der Waals surface area contributed by atoms with Crippen molar-refractivity contribution in [2.24, 2.45) is 12.8 Å². The lowest BCUT2D eigenvalue weighted by molar-refractivity contribution is 0.415. The molecule has 4 nitrogen and oxygen atoms in total. The van der Waals surface area contributed by atoms with Gasteiger partial charge in [-0.2, -0.15) is 5.10 Å². The zero-order valence-corrected chi connectivity index (χ0v) is 12.7. The van der Waals surface area contributed by atoms with Crippen LogP contribution < -0.4 is 10.5 Å². The molecule has 4 heteroatoms. The molecule has 0 saturated carbocycles. The Kier molecular flexibility index (Phi) is 4.45. The van der Waals surface area contributed by atoms with Crippen molar-refractivity contribution in [3.63, 3.8) is 0 Å². The Balaban J connectivity index is 2.46. The minimum atomic E-state index is 0.484. The molecule has 0 spiro atoms. The first kappa shape index (κ1) is 14.6. The molecule has 20 heavy (non-hydrogen) atoms. The van der Waals surface area contributed by atoms with E-state index in [0.717, 1.165) is 29.1 Å². The molecule has 0 saturated heterocycles. The molecule has 2 aromatic rings. The number of methoxy groups -OCH3 is 1. The summed E-state index contributed by atoms with van der Waals surface area (Å²) in [6, 6.07) is 8.45. The quantitative estimate of drug-likeness (QED) is 0.911. The lowest BCUT2D eigenvalue weighted by atomic mass is 9.99. The van der Waals surface area contributed by atoms with E-state index in [4.69, 9.17) is 10.5 Å². The van der Waals surface area contributed by atoms with Gasteiger partial charge in [-0.3, -0.25) is 4.68 Å². The van der Waals surface area contributed by atoms with E-state index in [1.54, 1.807) is 7.11 Å². The molecular weight excluding hydrogens is 250 g/mol. The first-order valence-electron chi connectivity index (χ1n) is 6.98. The van der Waals surface area contributed by atoms with Gasteiger partial charge in [-0.25, -0.2) is 0 Å². The van der Waals surface area contributed by atoms with Gasteiger partial charge in [-0.1, -0.05) is 19.9 Å². The smallest absolute Gasteiger partial charge is 0.128 e. The monoisotopic (exact) mass is 273 g/mol. The van der Waals surface area contributed by atoms with Crippen LogP contribution in [0, 0.1) is 0 Å². The molecule has 0 amide bonds. The molecule has 0 radical (unpaired) electrons. The molecule has 0 unspecified atom stereocenters. The summed E-state index contributed by atoms with van der Waals surface area (Å²) in [5.74, 6) is 1.37. The van der Waals surface area contributed by atoms with Crippen molar-refractivity contribution < 1.29 is 4.74 Å². The average Bonchev–Trinajstić information content (AvgIpc) is 2.79. The number of nitrogens with two attached hydrogens (primary N) is 1. The van der Waals surface area contributed by atoms with Crippen LogP contribution in [0.2, 0.25) is 0 Å². The molecule has 1 aromatic heterocycles. The van der Waals surface area contributed by atoms with E-state index in [0.29, 0.717) is 12.5 Å². The predicted octanol–water partition coefficient (Wildman–Crippen LogP) is 2.72. The minimum Gasteiger partial charge on any atom is -0.496 e. The average molecular weight is 273 g/mol. The van der Waals surface area contributed by atoms with Gasteiger partial charge in [0.2, 0.25) is 0 Å². The molecule has 0 aliphatic rings. The molecule has 1 heterocycles. The fourth-order valence-electron chi connectivity index (χ4n) is 2.33. The van der Waals surface area contributed by atoms with Crippen LogP contribution in [-0.4, -0.2) is 23.4 Å². The third-order valence-electron chi connectivity index (χ3n) is 3.50. The Labute approximate surface area is 120 Å². The maximum absolute atomic E-state index is 5.59. The summed E-state index contributed by atoms with van der Waals surface area (Å²) in [5, 5.41) is 4.49. The maximum atomic E-state index is 5.59. The van der Waals surface area contributed by atoms with Gasteiger partial charge in [0.15, 0.2) is 0 Å². The Hall–Kier alpha value is -1.81. The summed E-state index contributed by atoms with van der Waals surface area (Å²) < 4.78 is 7.44. The summed E-state index contributed by atoms with van der Waals surface area (Å²) in [7, 11) is 3.66. The number of aromatic nitrogens is 2. The van der Waals surface area contributed by atoms with E-state index in [2.05, 4.69) is 43.2 Å². The second kappa shape index (κ2) is 6.09. The molecule has 2 N–H and O–H groups in total. The highest BCUT2D eigenvalue weighted by Gasteiger charge is 2.13. The largest absolute Gasteiger partial charge is 0.496 e. The van der Waals surface area contributed by atoms with Crippen molar-refractivity contribution in [2.75, 3.05) is 13.7 Å². The molecule has 1 aromatic carbocycles. The van der Waals surface area contributed by atoms with E-state index in [-0.39, 0.29) is 0 Å². The lowest BCUT2D eigenvalue weighted by Crippen LogP contribution is -2.03. The van der Waals surface area contributed by atoms with Gasteiger partial charge in [-0.15, -0.1) is 0 Å². The fourth-order valence-corrected chi connectivity index (χ4v) is 2.33. The Morgan fingerprint density at radius 2 is 2.05 bits per heavy atom. The number of nitrogens with zero attached hydrogens (tertiary/aromatic N) is 2. The van der Waals surface area contributed by atoms with Crippen LogP contribution in [0.1, 0.15) is 31.0 Å². The number of hydrogen-bond donors (Lipinski definition) is 1. The zero-order valence-electron chi connectivity index (χ0n) is 12.7. The molecule has 0 bridgehead atoms. The highest BCUT2D eigenvalue weighted by atomic mass is 16.5. The third-order valence-corrected chi connectivity index (χ3v) is 3.50. The van der Waals surface area contributed by atoms with Crippen molar-refractivity contribution in [1.29, 1.82) is 0 Å². The summed E-state index contributed by atoms with van der Waals surface area (Å²) in [4.78, 5) is 0. The van der Waals surface area contributed by atoms with Crippen molar-refractivity contribution in [3.8, 4) is 17.0 Å². The molecule has 0 fully saturated rings. The first-order chi connectivity index (χ1) is 9.56. The Morgan fingerprint density at radius 1 is 1.30 bits per heavy atom. The van der Waals surface area contributed by atoms with Gasteiger partial charge in [0.1, 0.15) is 5.75 Å². The van der Waals surface area contributed by atoms with Gasteiger partial charge in [-0.05, 0) is 36.2 Å². The van der Waals surface area contributed by atoms with E-state index in [1.165, 1.54) is 5.56 Å². The van der Waals surface area contributed by atoms with Crippen molar-refractivity contribution in [3.05, 3.63) is 35.5 Å². The van der Waals surface area contributed by atoms with Crippen LogP contribution in [0.5, 0.6) is 5.75 Å². The van der Waals surface area contributed by atoms with Gasteiger partial charge in [0.25, 0.3) is 0 Å². The van der Waals surface area contributed by atoms with Crippen LogP contribution in [0.25, 0.3) is 11.3 Å². The lowest BCUT2D eigenvalue weighted by Gasteiger charge is -2.12. The SMILES string of the molecule is COc1cc(C(C)C)ccc1-c1cc(CCN)nn1C. The number of rotatable bonds is 5.